The lowest BCUT2D eigenvalue weighted by atomic mass is 10.1. The molecule has 1 aromatic heterocycles. The molecule has 0 aliphatic carbocycles. The molecule has 96 valence electrons. The van der Waals surface area contributed by atoms with Gasteiger partial charge in [0.1, 0.15) is 0 Å². The minimum atomic E-state index is -2.74. The molecule has 1 aliphatic rings. The third-order valence-electron chi connectivity index (χ3n) is 3.27. The molecule has 2 atom stereocenters. The molecule has 17 heavy (non-hydrogen) atoms. The van der Waals surface area contributed by atoms with Crippen molar-refractivity contribution in [2.24, 2.45) is 5.92 Å². The third-order valence-corrected chi connectivity index (χ3v) is 6.10. The fraction of sp³-hybridized carbons (Fsp3) is 0.667. The van der Waals surface area contributed by atoms with Crippen molar-refractivity contribution in [3.63, 3.8) is 0 Å². The van der Waals surface area contributed by atoms with Crippen LogP contribution < -0.4 is 5.32 Å². The van der Waals surface area contributed by atoms with E-state index in [9.17, 15) is 8.42 Å². The highest BCUT2D eigenvalue weighted by molar-refractivity contribution is 7.91. The lowest BCUT2D eigenvalue weighted by molar-refractivity contribution is 0.454. The highest BCUT2D eigenvalue weighted by Crippen LogP contribution is 2.23. The predicted molar refractivity (Wildman–Crippen MR) is 72.1 cm³/mol. The molecule has 2 heterocycles. The van der Waals surface area contributed by atoms with E-state index < -0.39 is 9.84 Å². The predicted octanol–water partition coefficient (Wildman–Crippen LogP) is 2.22. The Labute approximate surface area is 107 Å². The maximum atomic E-state index is 11.4. The summed E-state index contributed by atoms with van der Waals surface area (Å²) in [6, 6.07) is 4.57. The van der Waals surface area contributed by atoms with Gasteiger partial charge in [-0.3, -0.25) is 0 Å². The van der Waals surface area contributed by atoms with Crippen LogP contribution in [0.1, 0.15) is 30.7 Å². The molecular formula is C12H19NO2S2. The largest absolute Gasteiger partial charge is 0.309 e. The summed E-state index contributed by atoms with van der Waals surface area (Å²) < 4.78 is 22.7. The normalized spacial score (nSPS) is 24.9. The maximum Gasteiger partial charge on any atom is 0.150 e. The van der Waals surface area contributed by atoms with Crippen molar-refractivity contribution in [1.29, 1.82) is 0 Å². The molecule has 1 aromatic rings. The number of rotatable bonds is 5. The van der Waals surface area contributed by atoms with Gasteiger partial charge in [-0.25, -0.2) is 8.42 Å². The molecule has 0 amide bonds. The number of nitrogens with one attached hydrogen (secondary N) is 1. The Balaban J connectivity index is 1.85. The summed E-state index contributed by atoms with van der Waals surface area (Å²) >= 11 is 1.76. The Hall–Kier alpha value is -0.390. The van der Waals surface area contributed by atoms with Crippen molar-refractivity contribution >= 4 is 21.2 Å². The van der Waals surface area contributed by atoms with Gasteiger partial charge in [0, 0.05) is 10.9 Å². The van der Waals surface area contributed by atoms with Crippen molar-refractivity contribution in [1.82, 2.24) is 5.32 Å². The minimum absolute atomic E-state index is 0.300. The molecule has 0 aromatic carbocycles. The van der Waals surface area contributed by atoms with Crippen LogP contribution in [0.5, 0.6) is 0 Å². The molecule has 0 saturated carbocycles. The van der Waals surface area contributed by atoms with E-state index in [-0.39, 0.29) is 0 Å². The summed E-state index contributed by atoms with van der Waals surface area (Å²) in [5.74, 6) is 1.03. The van der Waals surface area contributed by atoms with Gasteiger partial charge in [-0.2, -0.15) is 0 Å². The Morgan fingerprint density at radius 1 is 1.59 bits per heavy atom. The lowest BCUT2D eigenvalue weighted by Gasteiger charge is -2.17. The van der Waals surface area contributed by atoms with E-state index in [2.05, 4.69) is 29.8 Å². The van der Waals surface area contributed by atoms with Gasteiger partial charge in [-0.05, 0) is 36.8 Å². The second-order valence-corrected chi connectivity index (χ2v) is 7.86. The monoisotopic (exact) mass is 273 g/mol. The van der Waals surface area contributed by atoms with Crippen LogP contribution in [-0.4, -0.2) is 26.5 Å². The average Bonchev–Trinajstić information content (AvgIpc) is 2.89. The fourth-order valence-electron chi connectivity index (χ4n) is 2.28. The standard InChI is InChI=1S/C12H19NO2S2/c1-2-11(12-4-3-6-16-12)13-8-10-5-7-17(14,15)9-10/h3-4,6,10-11,13H,2,5,7-9H2,1H3. The average molecular weight is 273 g/mol. The summed E-state index contributed by atoms with van der Waals surface area (Å²) in [6.45, 7) is 2.97. The second-order valence-electron chi connectivity index (χ2n) is 4.65. The number of hydrogen-bond acceptors (Lipinski definition) is 4. The minimum Gasteiger partial charge on any atom is -0.309 e. The fourth-order valence-corrected chi connectivity index (χ4v) is 5.03. The van der Waals surface area contributed by atoms with Crippen LogP contribution in [0.4, 0.5) is 0 Å². The van der Waals surface area contributed by atoms with Crippen LogP contribution >= 0.6 is 11.3 Å². The lowest BCUT2D eigenvalue weighted by Crippen LogP contribution is -2.27. The molecule has 1 saturated heterocycles. The molecule has 1 N–H and O–H groups in total. The number of sulfone groups is 1. The zero-order chi connectivity index (χ0) is 12.3. The summed E-state index contributed by atoms with van der Waals surface area (Å²) in [7, 11) is -2.74. The van der Waals surface area contributed by atoms with E-state index >= 15 is 0 Å². The zero-order valence-corrected chi connectivity index (χ0v) is 11.7. The smallest absolute Gasteiger partial charge is 0.150 e. The molecule has 0 spiro atoms. The van der Waals surface area contributed by atoms with Gasteiger partial charge in [0.15, 0.2) is 9.84 Å². The van der Waals surface area contributed by atoms with Crippen molar-refractivity contribution < 1.29 is 8.42 Å². The molecule has 1 aliphatic heterocycles. The summed E-state index contributed by atoms with van der Waals surface area (Å²) in [5.41, 5.74) is 0. The Bertz CT molecular complexity index is 439. The van der Waals surface area contributed by atoms with Gasteiger partial charge in [-0.1, -0.05) is 13.0 Å². The van der Waals surface area contributed by atoms with E-state index in [4.69, 9.17) is 0 Å². The van der Waals surface area contributed by atoms with Gasteiger partial charge < -0.3 is 5.32 Å². The van der Waals surface area contributed by atoms with Crippen molar-refractivity contribution in [3.8, 4) is 0 Å². The Morgan fingerprint density at radius 3 is 2.94 bits per heavy atom. The molecule has 2 unspecified atom stereocenters. The second kappa shape index (κ2) is 5.50. The summed E-state index contributed by atoms with van der Waals surface area (Å²) in [5, 5.41) is 5.58. The quantitative estimate of drug-likeness (QED) is 0.895. The van der Waals surface area contributed by atoms with Crippen molar-refractivity contribution in [3.05, 3.63) is 22.4 Å². The van der Waals surface area contributed by atoms with E-state index in [0.717, 1.165) is 19.4 Å². The van der Waals surface area contributed by atoms with Gasteiger partial charge >= 0.3 is 0 Å². The van der Waals surface area contributed by atoms with Crippen LogP contribution in [-0.2, 0) is 9.84 Å². The SMILES string of the molecule is CCC(NCC1CCS(=O)(=O)C1)c1cccs1. The van der Waals surface area contributed by atoms with Crippen molar-refractivity contribution in [2.45, 2.75) is 25.8 Å². The zero-order valence-electron chi connectivity index (χ0n) is 10.1. The highest BCUT2D eigenvalue weighted by atomic mass is 32.2. The summed E-state index contributed by atoms with van der Waals surface area (Å²) in [4.78, 5) is 1.34. The van der Waals surface area contributed by atoms with Gasteiger partial charge in [0.25, 0.3) is 0 Å². The molecule has 0 radical (unpaired) electrons. The first kappa shape index (κ1) is 13.1. The van der Waals surface area contributed by atoms with Crippen LogP contribution in [0.3, 0.4) is 0 Å². The third kappa shape index (κ3) is 3.53. The number of hydrogen-bond donors (Lipinski definition) is 1. The van der Waals surface area contributed by atoms with E-state index in [1.807, 2.05) is 0 Å². The molecule has 2 rings (SSSR count). The van der Waals surface area contributed by atoms with Crippen LogP contribution in [0, 0.1) is 5.92 Å². The topological polar surface area (TPSA) is 46.2 Å². The molecular weight excluding hydrogens is 254 g/mol. The Kier molecular flexibility index (Phi) is 4.22. The first-order chi connectivity index (χ1) is 8.11. The van der Waals surface area contributed by atoms with E-state index in [1.165, 1.54) is 4.88 Å². The molecule has 5 heteroatoms. The highest BCUT2D eigenvalue weighted by Gasteiger charge is 2.28. The van der Waals surface area contributed by atoms with Crippen LogP contribution in [0.15, 0.2) is 17.5 Å². The van der Waals surface area contributed by atoms with Gasteiger partial charge in [0.2, 0.25) is 0 Å². The van der Waals surface area contributed by atoms with Crippen LogP contribution in [0.2, 0.25) is 0 Å². The molecule has 1 fully saturated rings. The first-order valence-electron chi connectivity index (χ1n) is 6.08. The van der Waals surface area contributed by atoms with E-state index in [0.29, 0.717) is 23.5 Å². The van der Waals surface area contributed by atoms with Gasteiger partial charge in [-0.15, -0.1) is 11.3 Å². The molecule has 0 bridgehead atoms. The first-order valence-corrected chi connectivity index (χ1v) is 8.78. The van der Waals surface area contributed by atoms with Crippen LogP contribution in [0.25, 0.3) is 0 Å². The van der Waals surface area contributed by atoms with E-state index in [1.54, 1.807) is 11.3 Å². The maximum absolute atomic E-state index is 11.4. The Morgan fingerprint density at radius 2 is 2.41 bits per heavy atom. The summed E-state index contributed by atoms with van der Waals surface area (Å²) in [6.07, 6.45) is 1.86. The van der Waals surface area contributed by atoms with Gasteiger partial charge in [0.05, 0.1) is 11.5 Å². The number of thiophene rings is 1. The van der Waals surface area contributed by atoms with Crippen molar-refractivity contribution in [2.75, 3.05) is 18.1 Å². The molecule has 3 nitrogen and oxygen atoms in total.